The van der Waals surface area contributed by atoms with Gasteiger partial charge in [-0.05, 0) is 74.4 Å². The molecule has 0 bridgehead atoms. The van der Waals surface area contributed by atoms with Crippen molar-refractivity contribution in [3.8, 4) is 0 Å². The summed E-state index contributed by atoms with van der Waals surface area (Å²) in [5.74, 6) is -0.867. The second kappa shape index (κ2) is 14.9. The van der Waals surface area contributed by atoms with Crippen LogP contribution in [0.25, 0.3) is 0 Å². The van der Waals surface area contributed by atoms with E-state index in [0.29, 0.717) is 5.02 Å². The molecule has 4 aromatic rings. The lowest BCUT2D eigenvalue weighted by Crippen LogP contribution is -2.54. The zero-order valence-electron chi connectivity index (χ0n) is 24.8. The van der Waals surface area contributed by atoms with E-state index in [2.05, 4.69) is 21.2 Å². The van der Waals surface area contributed by atoms with Crippen LogP contribution < -0.4 is 9.62 Å². The number of aryl methyl sites for hydroxylation is 1. The number of hydrogen-bond acceptors (Lipinski definition) is 4. The highest BCUT2D eigenvalue weighted by Gasteiger charge is 2.35. The van der Waals surface area contributed by atoms with Gasteiger partial charge in [0.1, 0.15) is 12.6 Å². The highest BCUT2D eigenvalue weighted by molar-refractivity contribution is 9.10. The van der Waals surface area contributed by atoms with E-state index in [1.165, 1.54) is 23.1 Å². The first-order chi connectivity index (χ1) is 20.9. The molecule has 0 aliphatic carbocycles. The number of carbonyl (C=O) groups is 2. The average Bonchev–Trinajstić information content (AvgIpc) is 2.98. The molecule has 0 aromatic heterocycles. The summed E-state index contributed by atoms with van der Waals surface area (Å²) >= 11 is 9.73. The molecule has 10 heteroatoms. The molecule has 2 amide bonds. The second-order valence-corrected chi connectivity index (χ2v) is 14.0. The molecule has 4 aromatic carbocycles. The van der Waals surface area contributed by atoms with E-state index in [1.807, 2.05) is 75.4 Å². The molecule has 4 rings (SSSR count). The normalized spacial score (nSPS) is 12.0. The van der Waals surface area contributed by atoms with Crippen LogP contribution in [0.3, 0.4) is 0 Å². The average molecular weight is 697 g/mol. The molecular weight excluding hydrogens is 662 g/mol. The molecule has 0 aliphatic rings. The fourth-order valence-corrected chi connectivity index (χ4v) is 6.57. The minimum atomic E-state index is -4.20. The third kappa shape index (κ3) is 8.71. The maximum atomic E-state index is 14.4. The van der Waals surface area contributed by atoms with Crippen LogP contribution in [0.1, 0.15) is 30.5 Å². The number of sulfonamides is 1. The molecule has 44 heavy (non-hydrogen) atoms. The summed E-state index contributed by atoms with van der Waals surface area (Å²) in [6.07, 6.45) is 0.240. The lowest BCUT2D eigenvalue weighted by molar-refractivity contribution is -0.140. The SMILES string of the molecule is Cc1ccc(S(=O)(=O)N(CC(=O)N(Cc2ccc(Br)cc2)[C@@H](Cc2ccccc2)C(=O)NC(C)C)c2cccc(Cl)c2)cc1. The van der Waals surface area contributed by atoms with Crippen molar-refractivity contribution in [3.05, 3.63) is 129 Å². The largest absolute Gasteiger partial charge is 0.352 e. The van der Waals surface area contributed by atoms with E-state index in [4.69, 9.17) is 11.6 Å². The van der Waals surface area contributed by atoms with E-state index < -0.39 is 28.5 Å². The molecular formula is C34H35BrClN3O4S. The molecule has 1 atom stereocenters. The summed E-state index contributed by atoms with van der Waals surface area (Å²) in [5, 5.41) is 3.28. The number of nitrogens with zero attached hydrogens (tertiary/aromatic N) is 2. The van der Waals surface area contributed by atoms with Crippen molar-refractivity contribution in [2.45, 2.75) is 50.7 Å². The number of hydrogen-bond donors (Lipinski definition) is 1. The molecule has 0 heterocycles. The minimum absolute atomic E-state index is 0.0359. The highest BCUT2D eigenvalue weighted by atomic mass is 79.9. The minimum Gasteiger partial charge on any atom is -0.352 e. The van der Waals surface area contributed by atoms with Gasteiger partial charge in [-0.15, -0.1) is 0 Å². The molecule has 0 fully saturated rings. The number of carbonyl (C=O) groups excluding carboxylic acids is 2. The van der Waals surface area contributed by atoms with Crippen LogP contribution in [0.5, 0.6) is 0 Å². The molecule has 0 aliphatic heterocycles. The van der Waals surface area contributed by atoms with Crippen LogP contribution in [0.15, 0.2) is 112 Å². The first-order valence-electron chi connectivity index (χ1n) is 14.2. The van der Waals surface area contributed by atoms with Gasteiger partial charge in [0.2, 0.25) is 11.8 Å². The fourth-order valence-electron chi connectivity index (χ4n) is 4.72. The van der Waals surface area contributed by atoms with Crippen LogP contribution in [-0.4, -0.2) is 43.8 Å². The fraction of sp³-hybridized carbons (Fsp3) is 0.235. The van der Waals surface area contributed by atoms with Crippen LogP contribution in [0.4, 0.5) is 5.69 Å². The van der Waals surface area contributed by atoms with Crippen LogP contribution in [0, 0.1) is 6.92 Å². The molecule has 0 unspecified atom stereocenters. The lowest BCUT2D eigenvalue weighted by Gasteiger charge is -2.34. The van der Waals surface area contributed by atoms with Crippen molar-refractivity contribution in [3.63, 3.8) is 0 Å². The zero-order chi connectivity index (χ0) is 31.9. The Morgan fingerprint density at radius 1 is 0.864 bits per heavy atom. The number of amides is 2. The Morgan fingerprint density at radius 2 is 1.52 bits per heavy atom. The lowest BCUT2D eigenvalue weighted by atomic mass is 10.0. The standard InChI is InChI=1S/C34H35BrClN3O4S/c1-24(2)37-34(41)32(20-26-8-5-4-6-9-26)38(22-27-14-16-28(35)17-15-27)33(40)23-39(30-11-7-10-29(36)21-30)44(42,43)31-18-12-25(3)13-19-31/h4-19,21,24,32H,20,22-23H2,1-3H3,(H,37,41)/t32-/m0/s1. The van der Waals surface area contributed by atoms with E-state index in [9.17, 15) is 18.0 Å². The van der Waals surface area contributed by atoms with Gasteiger partial charge in [-0.25, -0.2) is 8.42 Å². The topological polar surface area (TPSA) is 86.8 Å². The third-order valence-electron chi connectivity index (χ3n) is 6.95. The maximum Gasteiger partial charge on any atom is 0.264 e. The second-order valence-electron chi connectivity index (χ2n) is 10.8. The molecule has 230 valence electrons. The van der Waals surface area contributed by atoms with Gasteiger partial charge in [-0.1, -0.05) is 93.8 Å². The van der Waals surface area contributed by atoms with E-state index >= 15 is 0 Å². The van der Waals surface area contributed by atoms with E-state index in [0.717, 1.165) is 25.5 Å². The van der Waals surface area contributed by atoms with Crippen molar-refractivity contribution in [1.82, 2.24) is 10.2 Å². The molecule has 0 spiro atoms. The van der Waals surface area contributed by atoms with E-state index in [-0.39, 0.29) is 35.5 Å². The Labute approximate surface area is 273 Å². The predicted molar refractivity (Wildman–Crippen MR) is 179 cm³/mol. The summed E-state index contributed by atoms with van der Waals surface area (Å²) in [4.78, 5) is 29.7. The Bertz CT molecular complexity index is 1680. The van der Waals surface area contributed by atoms with Gasteiger partial charge in [0, 0.05) is 28.5 Å². The molecule has 1 N–H and O–H groups in total. The van der Waals surface area contributed by atoms with E-state index in [1.54, 1.807) is 30.3 Å². The first kappa shape index (κ1) is 33.2. The van der Waals surface area contributed by atoms with Crippen molar-refractivity contribution in [2.24, 2.45) is 0 Å². The van der Waals surface area contributed by atoms with Crippen molar-refractivity contribution in [2.75, 3.05) is 10.8 Å². The molecule has 0 saturated carbocycles. The summed E-state index contributed by atoms with van der Waals surface area (Å²) in [5.41, 5.74) is 2.79. The van der Waals surface area contributed by atoms with Gasteiger partial charge < -0.3 is 10.2 Å². The highest BCUT2D eigenvalue weighted by Crippen LogP contribution is 2.27. The maximum absolute atomic E-state index is 14.4. The number of nitrogens with one attached hydrogen (secondary N) is 1. The van der Waals surface area contributed by atoms with Crippen LogP contribution >= 0.6 is 27.5 Å². The first-order valence-corrected chi connectivity index (χ1v) is 16.8. The summed E-state index contributed by atoms with van der Waals surface area (Å²) in [6, 6.07) is 28.6. The molecule has 0 saturated heterocycles. The number of anilines is 1. The van der Waals surface area contributed by atoms with Gasteiger partial charge in [0.05, 0.1) is 10.6 Å². The van der Waals surface area contributed by atoms with Gasteiger partial charge in [0.15, 0.2) is 0 Å². The Kier molecular flexibility index (Phi) is 11.2. The van der Waals surface area contributed by atoms with Gasteiger partial charge >= 0.3 is 0 Å². The van der Waals surface area contributed by atoms with Gasteiger partial charge in [-0.2, -0.15) is 0 Å². The summed E-state index contributed by atoms with van der Waals surface area (Å²) < 4.78 is 30.1. The summed E-state index contributed by atoms with van der Waals surface area (Å²) in [6.45, 7) is 5.11. The smallest absolute Gasteiger partial charge is 0.264 e. The van der Waals surface area contributed by atoms with Crippen LogP contribution in [-0.2, 0) is 32.6 Å². The quantitative estimate of drug-likeness (QED) is 0.177. The summed E-state index contributed by atoms with van der Waals surface area (Å²) in [7, 11) is -4.20. The number of rotatable bonds is 12. The molecule has 7 nitrogen and oxygen atoms in total. The Morgan fingerprint density at radius 3 is 2.14 bits per heavy atom. The van der Waals surface area contributed by atoms with Crippen LogP contribution in [0.2, 0.25) is 5.02 Å². The Hall–Kier alpha value is -3.66. The third-order valence-corrected chi connectivity index (χ3v) is 9.50. The van der Waals surface area contributed by atoms with Crippen molar-refractivity contribution < 1.29 is 18.0 Å². The number of benzene rings is 4. The Balaban J connectivity index is 1.80. The van der Waals surface area contributed by atoms with Gasteiger partial charge in [-0.3, -0.25) is 13.9 Å². The molecule has 0 radical (unpaired) electrons. The van der Waals surface area contributed by atoms with Crippen molar-refractivity contribution in [1.29, 1.82) is 0 Å². The van der Waals surface area contributed by atoms with Crippen molar-refractivity contribution >= 4 is 55.1 Å². The zero-order valence-corrected chi connectivity index (χ0v) is 27.9. The monoisotopic (exact) mass is 695 g/mol. The number of halogens is 2. The predicted octanol–water partition coefficient (Wildman–Crippen LogP) is 6.77. The van der Waals surface area contributed by atoms with Gasteiger partial charge in [0.25, 0.3) is 10.0 Å².